The van der Waals surface area contributed by atoms with E-state index in [1.165, 1.54) is 0 Å². The van der Waals surface area contributed by atoms with Crippen molar-refractivity contribution in [2.24, 2.45) is 5.73 Å². The van der Waals surface area contributed by atoms with Crippen LogP contribution < -0.4 is 5.73 Å². The molecule has 0 radical (unpaired) electrons. The minimum absolute atomic E-state index is 0.564. The molecule has 0 fully saturated rings. The van der Waals surface area contributed by atoms with Crippen LogP contribution >= 0.6 is 0 Å². The number of hydrogen-bond acceptors (Lipinski definition) is 3. The highest BCUT2D eigenvalue weighted by Gasteiger charge is 2.07. The van der Waals surface area contributed by atoms with Gasteiger partial charge in [0.05, 0.1) is 5.69 Å². The summed E-state index contributed by atoms with van der Waals surface area (Å²) in [5.41, 5.74) is 7.71. The van der Waals surface area contributed by atoms with Crippen LogP contribution in [0.15, 0.2) is 18.3 Å². The summed E-state index contributed by atoms with van der Waals surface area (Å²) in [5.74, 6) is 0. The number of aromatic nitrogens is 1. The molecule has 1 atom stereocenters. The van der Waals surface area contributed by atoms with Crippen LogP contribution in [0.1, 0.15) is 31.5 Å². The predicted molar refractivity (Wildman–Crippen MR) is 63.3 cm³/mol. The molecule has 0 aromatic carbocycles. The predicted octanol–water partition coefficient (Wildman–Crippen LogP) is 1.77. The lowest BCUT2D eigenvalue weighted by molar-refractivity contribution is 0.241. The Hall–Kier alpha value is -0.930. The van der Waals surface area contributed by atoms with Gasteiger partial charge in [-0.25, -0.2) is 0 Å². The first kappa shape index (κ1) is 12.1. The zero-order valence-corrected chi connectivity index (χ0v) is 9.90. The molecule has 1 aromatic heterocycles. The molecule has 0 bridgehead atoms. The van der Waals surface area contributed by atoms with Crippen LogP contribution in [-0.2, 0) is 13.1 Å². The van der Waals surface area contributed by atoms with Crippen LogP contribution in [0.5, 0.6) is 0 Å². The molecule has 0 spiro atoms. The molecule has 1 heterocycles. The summed E-state index contributed by atoms with van der Waals surface area (Å²) < 4.78 is 0. The van der Waals surface area contributed by atoms with Gasteiger partial charge in [-0.3, -0.25) is 9.88 Å². The van der Waals surface area contributed by atoms with Gasteiger partial charge in [-0.05, 0) is 32.0 Å². The van der Waals surface area contributed by atoms with Gasteiger partial charge in [-0.15, -0.1) is 0 Å². The Bertz CT molecular complexity index is 281. The summed E-state index contributed by atoms with van der Waals surface area (Å²) in [6, 6.07) is 4.70. The minimum Gasteiger partial charge on any atom is -0.326 e. The number of nitrogens with zero attached hydrogens (tertiary/aromatic N) is 2. The van der Waals surface area contributed by atoms with Crippen LogP contribution in [0.3, 0.4) is 0 Å². The van der Waals surface area contributed by atoms with Crippen LogP contribution in [-0.4, -0.2) is 23.0 Å². The minimum atomic E-state index is 0.564. The third-order valence-corrected chi connectivity index (χ3v) is 2.88. The molecular weight excluding hydrogens is 186 g/mol. The average molecular weight is 207 g/mol. The van der Waals surface area contributed by atoms with E-state index in [2.05, 4.69) is 36.8 Å². The van der Waals surface area contributed by atoms with Gasteiger partial charge in [-0.1, -0.05) is 13.0 Å². The second kappa shape index (κ2) is 5.83. The summed E-state index contributed by atoms with van der Waals surface area (Å²) in [5, 5.41) is 0. The highest BCUT2D eigenvalue weighted by molar-refractivity contribution is 5.13. The summed E-state index contributed by atoms with van der Waals surface area (Å²) in [7, 11) is 2.13. The molecule has 0 aliphatic carbocycles. The molecule has 1 unspecified atom stereocenters. The SMILES string of the molecule is CCC(C)N(C)Cc1ccc(CN)cn1. The van der Waals surface area contributed by atoms with E-state index >= 15 is 0 Å². The molecule has 84 valence electrons. The van der Waals surface area contributed by atoms with E-state index in [4.69, 9.17) is 5.73 Å². The van der Waals surface area contributed by atoms with E-state index in [1.807, 2.05) is 12.3 Å². The molecule has 1 aromatic rings. The molecule has 3 heteroatoms. The van der Waals surface area contributed by atoms with Crippen molar-refractivity contribution in [2.45, 2.75) is 39.4 Å². The first-order chi connectivity index (χ1) is 7.17. The van der Waals surface area contributed by atoms with Crippen molar-refractivity contribution < 1.29 is 0 Å². The number of nitrogens with two attached hydrogens (primary N) is 1. The van der Waals surface area contributed by atoms with Crippen molar-refractivity contribution >= 4 is 0 Å². The molecule has 0 aliphatic rings. The number of pyridine rings is 1. The second-order valence-corrected chi connectivity index (χ2v) is 4.03. The largest absolute Gasteiger partial charge is 0.326 e. The Labute approximate surface area is 92.3 Å². The smallest absolute Gasteiger partial charge is 0.0544 e. The van der Waals surface area contributed by atoms with E-state index in [9.17, 15) is 0 Å². The van der Waals surface area contributed by atoms with Gasteiger partial charge in [0.15, 0.2) is 0 Å². The van der Waals surface area contributed by atoms with Crippen molar-refractivity contribution in [3.05, 3.63) is 29.6 Å². The van der Waals surface area contributed by atoms with Crippen molar-refractivity contribution in [1.82, 2.24) is 9.88 Å². The Kier molecular flexibility index (Phi) is 4.72. The van der Waals surface area contributed by atoms with E-state index < -0.39 is 0 Å². The highest BCUT2D eigenvalue weighted by atomic mass is 15.1. The maximum absolute atomic E-state index is 5.52. The van der Waals surface area contributed by atoms with Crippen molar-refractivity contribution in [1.29, 1.82) is 0 Å². The highest BCUT2D eigenvalue weighted by Crippen LogP contribution is 2.06. The summed E-state index contributed by atoms with van der Waals surface area (Å²) in [6.07, 6.45) is 3.02. The van der Waals surface area contributed by atoms with Gasteiger partial charge in [0.25, 0.3) is 0 Å². The normalized spacial score (nSPS) is 13.1. The molecule has 2 N–H and O–H groups in total. The molecule has 15 heavy (non-hydrogen) atoms. The molecule has 0 saturated carbocycles. The molecule has 3 nitrogen and oxygen atoms in total. The maximum atomic E-state index is 5.52. The molecule has 0 saturated heterocycles. The third-order valence-electron chi connectivity index (χ3n) is 2.88. The van der Waals surface area contributed by atoms with Crippen molar-refractivity contribution in [2.75, 3.05) is 7.05 Å². The quantitative estimate of drug-likeness (QED) is 0.800. The molecule has 0 amide bonds. The Morgan fingerprint density at radius 3 is 2.67 bits per heavy atom. The fraction of sp³-hybridized carbons (Fsp3) is 0.583. The summed E-state index contributed by atoms with van der Waals surface area (Å²) in [4.78, 5) is 6.69. The fourth-order valence-corrected chi connectivity index (χ4v) is 1.39. The Morgan fingerprint density at radius 1 is 1.47 bits per heavy atom. The zero-order chi connectivity index (χ0) is 11.3. The van der Waals surface area contributed by atoms with E-state index in [0.717, 1.165) is 24.2 Å². The van der Waals surface area contributed by atoms with Gasteiger partial charge < -0.3 is 5.73 Å². The lowest BCUT2D eigenvalue weighted by Gasteiger charge is -2.22. The van der Waals surface area contributed by atoms with E-state index in [1.54, 1.807) is 0 Å². The topological polar surface area (TPSA) is 42.1 Å². The lowest BCUT2D eigenvalue weighted by atomic mass is 10.2. The van der Waals surface area contributed by atoms with Gasteiger partial charge >= 0.3 is 0 Å². The summed E-state index contributed by atoms with van der Waals surface area (Å²) in [6.45, 7) is 5.90. The summed E-state index contributed by atoms with van der Waals surface area (Å²) >= 11 is 0. The monoisotopic (exact) mass is 207 g/mol. The van der Waals surface area contributed by atoms with Crippen LogP contribution in [0, 0.1) is 0 Å². The number of hydrogen-bond donors (Lipinski definition) is 1. The van der Waals surface area contributed by atoms with Crippen LogP contribution in [0.2, 0.25) is 0 Å². The first-order valence-electron chi connectivity index (χ1n) is 5.51. The number of rotatable bonds is 5. The molecule has 1 rings (SSSR count). The fourth-order valence-electron chi connectivity index (χ4n) is 1.39. The van der Waals surface area contributed by atoms with Gasteiger partial charge in [0.1, 0.15) is 0 Å². The van der Waals surface area contributed by atoms with Crippen molar-refractivity contribution in [3.8, 4) is 0 Å². The van der Waals surface area contributed by atoms with E-state index in [0.29, 0.717) is 12.6 Å². The standard InChI is InChI=1S/C12H21N3/c1-4-10(2)15(3)9-12-6-5-11(7-13)8-14-12/h5-6,8,10H,4,7,9,13H2,1-3H3. The molecule has 0 aliphatic heterocycles. The third kappa shape index (κ3) is 3.61. The van der Waals surface area contributed by atoms with Gasteiger partial charge in [0, 0.05) is 25.3 Å². The van der Waals surface area contributed by atoms with E-state index in [-0.39, 0.29) is 0 Å². The first-order valence-corrected chi connectivity index (χ1v) is 5.51. The maximum Gasteiger partial charge on any atom is 0.0544 e. The lowest BCUT2D eigenvalue weighted by Crippen LogP contribution is -2.28. The van der Waals surface area contributed by atoms with Gasteiger partial charge in [0.2, 0.25) is 0 Å². The second-order valence-electron chi connectivity index (χ2n) is 4.03. The zero-order valence-electron chi connectivity index (χ0n) is 9.90. The average Bonchev–Trinajstić information content (AvgIpc) is 2.29. The van der Waals surface area contributed by atoms with Crippen molar-refractivity contribution in [3.63, 3.8) is 0 Å². The Morgan fingerprint density at radius 2 is 2.20 bits per heavy atom. The van der Waals surface area contributed by atoms with Gasteiger partial charge in [-0.2, -0.15) is 0 Å². The molecular formula is C12H21N3. The Balaban J connectivity index is 2.57. The van der Waals surface area contributed by atoms with Crippen LogP contribution in [0.4, 0.5) is 0 Å². The van der Waals surface area contributed by atoms with Crippen LogP contribution in [0.25, 0.3) is 0 Å².